The van der Waals surface area contributed by atoms with Crippen LogP contribution < -0.4 is 16.0 Å². The molecule has 0 spiro atoms. The second-order valence-electron chi connectivity index (χ2n) is 8.46. The van der Waals surface area contributed by atoms with E-state index in [1.807, 2.05) is 20.8 Å². The lowest BCUT2D eigenvalue weighted by Gasteiger charge is -2.40. The van der Waals surface area contributed by atoms with Gasteiger partial charge in [-0.25, -0.2) is 4.79 Å². The number of nitrogens with one attached hydrogen (secondary N) is 3. The Morgan fingerprint density at radius 2 is 1.67 bits per heavy atom. The standard InChI is InChI=1S/C19H40N6O2/c1-15(2)16(25-12-10-24(7)11-13-25)14-23-17(20-6)21-8-9-22-18(26)27-19(3,4)5/h15-16H,8-14H2,1-7H3,(H,22,26)(H2,20,21,23). The Labute approximate surface area is 165 Å². The molecule has 1 atom stereocenters. The van der Waals surface area contributed by atoms with Gasteiger partial charge in [-0.1, -0.05) is 13.8 Å². The molecule has 1 rings (SSSR count). The van der Waals surface area contributed by atoms with Gasteiger partial charge in [0, 0.05) is 58.9 Å². The fraction of sp³-hybridized carbons (Fsp3) is 0.895. The SMILES string of the molecule is CN=C(NCCNC(=O)OC(C)(C)C)NCC(C(C)C)N1CCN(C)CC1. The van der Waals surface area contributed by atoms with E-state index in [1.54, 1.807) is 7.05 Å². The number of hydrogen-bond donors (Lipinski definition) is 3. The fourth-order valence-electron chi connectivity index (χ4n) is 3.02. The summed E-state index contributed by atoms with van der Waals surface area (Å²) >= 11 is 0. The first-order valence-corrected chi connectivity index (χ1v) is 9.96. The molecule has 0 aromatic heterocycles. The summed E-state index contributed by atoms with van der Waals surface area (Å²) in [4.78, 5) is 20.9. The molecule has 1 unspecified atom stereocenters. The summed E-state index contributed by atoms with van der Waals surface area (Å²) in [5.74, 6) is 1.31. The molecule has 0 aliphatic carbocycles. The van der Waals surface area contributed by atoms with Gasteiger partial charge in [-0.15, -0.1) is 0 Å². The largest absolute Gasteiger partial charge is 0.444 e. The molecule has 0 radical (unpaired) electrons. The number of guanidine groups is 1. The first-order valence-electron chi connectivity index (χ1n) is 9.96. The van der Waals surface area contributed by atoms with Crippen LogP contribution in [0.2, 0.25) is 0 Å². The van der Waals surface area contributed by atoms with E-state index >= 15 is 0 Å². The van der Waals surface area contributed by atoms with Crippen molar-refractivity contribution in [1.29, 1.82) is 0 Å². The lowest BCUT2D eigenvalue weighted by Crippen LogP contribution is -2.55. The molecule has 3 N–H and O–H groups in total. The van der Waals surface area contributed by atoms with Crippen LogP contribution in [0.25, 0.3) is 0 Å². The Balaban J connectivity index is 2.34. The summed E-state index contributed by atoms with van der Waals surface area (Å²) in [5.41, 5.74) is -0.482. The minimum Gasteiger partial charge on any atom is -0.444 e. The van der Waals surface area contributed by atoms with E-state index in [1.165, 1.54) is 0 Å². The molecule has 8 nitrogen and oxygen atoms in total. The van der Waals surface area contributed by atoms with Gasteiger partial charge in [0.15, 0.2) is 5.96 Å². The molecular formula is C19H40N6O2. The van der Waals surface area contributed by atoms with Gasteiger partial charge >= 0.3 is 6.09 Å². The lowest BCUT2D eigenvalue weighted by molar-refractivity contribution is 0.0529. The topological polar surface area (TPSA) is 81.2 Å². The van der Waals surface area contributed by atoms with Crippen molar-refractivity contribution in [3.63, 3.8) is 0 Å². The van der Waals surface area contributed by atoms with Crippen molar-refractivity contribution in [1.82, 2.24) is 25.8 Å². The minimum atomic E-state index is -0.482. The molecule has 0 bridgehead atoms. The third-order valence-electron chi connectivity index (χ3n) is 4.56. The molecule has 27 heavy (non-hydrogen) atoms. The number of ether oxygens (including phenoxy) is 1. The van der Waals surface area contributed by atoms with E-state index < -0.39 is 11.7 Å². The fourth-order valence-corrected chi connectivity index (χ4v) is 3.02. The highest BCUT2D eigenvalue weighted by Crippen LogP contribution is 2.12. The summed E-state index contributed by atoms with van der Waals surface area (Å²) in [6.45, 7) is 16.4. The van der Waals surface area contributed by atoms with Crippen LogP contribution in [-0.2, 0) is 4.74 Å². The zero-order chi connectivity index (χ0) is 20.4. The molecule has 1 saturated heterocycles. The van der Waals surface area contributed by atoms with Crippen molar-refractivity contribution in [2.45, 2.75) is 46.3 Å². The summed E-state index contributed by atoms with van der Waals surface area (Å²) in [6, 6.07) is 0.470. The van der Waals surface area contributed by atoms with Crippen LogP contribution in [0.15, 0.2) is 4.99 Å². The molecular weight excluding hydrogens is 344 g/mol. The second kappa shape index (κ2) is 11.3. The number of carbonyl (C=O) groups excluding carboxylic acids is 1. The number of carbonyl (C=O) groups is 1. The zero-order valence-corrected chi connectivity index (χ0v) is 18.3. The number of rotatable bonds is 7. The van der Waals surface area contributed by atoms with Crippen LogP contribution in [-0.4, -0.2) is 93.4 Å². The molecule has 0 aromatic carbocycles. The van der Waals surface area contributed by atoms with Gasteiger partial charge < -0.3 is 25.6 Å². The Morgan fingerprint density at radius 1 is 1.07 bits per heavy atom. The van der Waals surface area contributed by atoms with Crippen LogP contribution in [0.4, 0.5) is 4.79 Å². The maximum absolute atomic E-state index is 11.6. The van der Waals surface area contributed by atoms with E-state index in [-0.39, 0.29) is 0 Å². The average molecular weight is 385 g/mol. The van der Waals surface area contributed by atoms with Gasteiger partial charge in [-0.2, -0.15) is 0 Å². The van der Waals surface area contributed by atoms with E-state index in [0.717, 1.165) is 38.7 Å². The van der Waals surface area contributed by atoms with Crippen LogP contribution in [0.1, 0.15) is 34.6 Å². The molecule has 8 heteroatoms. The maximum Gasteiger partial charge on any atom is 0.407 e. The number of piperazine rings is 1. The average Bonchev–Trinajstić information content (AvgIpc) is 2.56. The smallest absolute Gasteiger partial charge is 0.407 e. The number of hydrogen-bond acceptors (Lipinski definition) is 5. The molecule has 0 saturated carbocycles. The number of nitrogens with zero attached hydrogens (tertiary/aromatic N) is 3. The van der Waals surface area contributed by atoms with Gasteiger partial charge in [0.05, 0.1) is 0 Å². The summed E-state index contributed by atoms with van der Waals surface area (Å²) in [7, 11) is 3.94. The van der Waals surface area contributed by atoms with Gasteiger partial charge in [0.2, 0.25) is 0 Å². The van der Waals surface area contributed by atoms with Crippen molar-refractivity contribution in [2.24, 2.45) is 10.9 Å². The summed E-state index contributed by atoms with van der Waals surface area (Å²) in [5, 5.41) is 9.40. The second-order valence-corrected chi connectivity index (χ2v) is 8.46. The minimum absolute atomic E-state index is 0.401. The van der Waals surface area contributed by atoms with Crippen LogP contribution in [0, 0.1) is 5.92 Å². The predicted octanol–water partition coefficient (Wildman–Crippen LogP) is 0.948. The highest BCUT2D eigenvalue weighted by atomic mass is 16.6. The van der Waals surface area contributed by atoms with Gasteiger partial charge in [-0.3, -0.25) is 9.89 Å². The van der Waals surface area contributed by atoms with Crippen molar-refractivity contribution in [3.8, 4) is 0 Å². The maximum atomic E-state index is 11.6. The first kappa shape index (κ1) is 23.5. The Bertz CT molecular complexity index is 467. The number of alkyl carbamates (subject to hydrolysis) is 1. The Kier molecular flexibility index (Phi) is 9.87. The monoisotopic (exact) mass is 384 g/mol. The molecule has 158 valence electrons. The van der Waals surface area contributed by atoms with Crippen LogP contribution >= 0.6 is 0 Å². The first-order chi connectivity index (χ1) is 12.6. The Morgan fingerprint density at radius 3 is 2.19 bits per heavy atom. The van der Waals surface area contributed by atoms with Crippen molar-refractivity contribution >= 4 is 12.1 Å². The number of aliphatic imine (C=N–C) groups is 1. The molecule has 1 fully saturated rings. The molecule has 1 aliphatic heterocycles. The quantitative estimate of drug-likeness (QED) is 0.344. The van der Waals surface area contributed by atoms with Gasteiger partial charge in [-0.05, 0) is 33.7 Å². The van der Waals surface area contributed by atoms with Crippen LogP contribution in [0.3, 0.4) is 0 Å². The third kappa shape index (κ3) is 9.81. The molecule has 1 heterocycles. The van der Waals surface area contributed by atoms with E-state index in [4.69, 9.17) is 4.74 Å². The van der Waals surface area contributed by atoms with Crippen molar-refractivity contribution in [2.75, 3.05) is 59.9 Å². The third-order valence-corrected chi connectivity index (χ3v) is 4.56. The highest BCUT2D eigenvalue weighted by Gasteiger charge is 2.25. The Hall–Kier alpha value is -1.54. The predicted molar refractivity (Wildman–Crippen MR) is 111 cm³/mol. The summed E-state index contributed by atoms with van der Waals surface area (Å²) in [6.07, 6.45) is -0.401. The van der Waals surface area contributed by atoms with Crippen LogP contribution in [0.5, 0.6) is 0 Å². The van der Waals surface area contributed by atoms with Gasteiger partial charge in [0.25, 0.3) is 0 Å². The molecule has 1 aliphatic rings. The van der Waals surface area contributed by atoms with E-state index in [9.17, 15) is 4.79 Å². The number of likely N-dealkylation sites (N-methyl/N-ethyl adjacent to an activating group) is 1. The van der Waals surface area contributed by atoms with E-state index in [2.05, 4.69) is 51.6 Å². The van der Waals surface area contributed by atoms with Crippen molar-refractivity contribution in [3.05, 3.63) is 0 Å². The molecule has 0 aromatic rings. The lowest BCUT2D eigenvalue weighted by atomic mass is 10.0. The van der Waals surface area contributed by atoms with Gasteiger partial charge in [0.1, 0.15) is 5.60 Å². The summed E-state index contributed by atoms with van der Waals surface area (Å²) < 4.78 is 5.22. The molecule has 1 amide bonds. The highest BCUT2D eigenvalue weighted by molar-refractivity contribution is 5.79. The number of amides is 1. The normalized spacial score (nSPS) is 18.3. The van der Waals surface area contributed by atoms with E-state index in [0.29, 0.717) is 25.0 Å². The zero-order valence-electron chi connectivity index (χ0n) is 18.3. The van der Waals surface area contributed by atoms with Crippen molar-refractivity contribution < 1.29 is 9.53 Å².